The molecule has 1 aliphatic rings. The van der Waals surface area contributed by atoms with Gasteiger partial charge in [-0.3, -0.25) is 4.99 Å². The van der Waals surface area contributed by atoms with Crippen LogP contribution in [0.5, 0.6) is 5.75 Å². The van der Waals surface area contributed by atoms with Crippen LogP contribution < -0.4 is 4.74 Å². The highest BCUT2D eigenvalue weighted by atomic mass is 35.5. The first-order chi connectivity index (χ1) is 9.13. The van der Waals surface area contributed by atoms with Gasteiger partial charge in [-0.15, -0.1) is 12.3 Å². The van der Waals surface area contributed by atoms with E-state index in [4.69, 9.17) is 34.4 Å². The Kier molecular flexibility index (Phi) is 4.57. The minimum Gasteiger partial charge on any atom is -0.480 e. The molecule has 1 unspecified atom stereocenters. The summed E-state index contributed by atoms with van der Waals surface area (Å²) in [6.07, 6.45) is 5.54. The number of benzene rings is 1. The van der Waals surface area contributed by atoms with Crippen LogP contribution in [0.15, 0.2) is 23.2 Å². The first-order valence-electron chi connectivity index (χ1n) is 5.93. The number of likely N-dealkylation sites (N-methyl/N-ethyl adjacent to an activating group) is 1. The molecule has 1 aromatic rings. The van der Waals surface area contributed by atoms with Crippen LogP contribution in [-0.2, 0) is 0 Å². The molecular weight excluding hydrogens is 283 g/mol. The largest absolute Gasteiger partial charge is 0.480 e. The molecule has 3 nitrogen and oxygen atoms in total. The van der Waals surface area contributed by atoms with E-state index in [1.807, 2.05) is 11.9 Å². The molecule has 0 bridgehead atoms. The highest BCUT2D eigenvalue weighted by Gasteiger charge is 2.25. The van der Waals surface area contributed by atoms with Crippen molar-refractivity contribution >= 4 is 29.0 Å². The number of nitrogens with zero attached hydrogens (tertiary/aromatic N) is 2. The first kappa shape index (κ1) is 14.0. The predicted octanol–water partition coefficient (Wildman–Crippen LogP) is 3.11. The van der Waals surface area contributed by atoms with Crippen LogP contribution in [0.4, 0.5) is 0 Å². The molecule has 100 valence electrons. The van der Waals surface area contributed by atoms with Crippen molar-refractivity contribution in [1.29, 1.82) is 0 Å². The van der Waals surface area contributed by atoms with Crippen LogP contribution in [0.2, 0.25) is 10.0 Å². The molecule has 1 aromatic carbocycles. The third-order valence-corrected chi connectivity index (χ3v) is 3.68. The van der Waals surface area contributed by atoms with Crippen LogP contribution in [-0.4, -0.2) is 37.0 Å². The second-order valence-electron chi connectivity index (χ2n) is 4.23. The van der Waals surface area contributed by atoms with E-state index < -0.39 is 0 Å². The summed E-state index contributed by atoms with van der Waals surface area (Å²) >= 11 is 12.1. The predicted molar refractivity (Wildman–Crippen MR) is 79.3 cm³/mol. The monoisotopic (exact) mass is 296 g/mol. The number of rotatable bonds is 4. The van der Waals surface area contributed by atoms with Crippen molar-refractivity contribution in [3.8, 4) is 18.1 Å². The lowest BCUT2D eigenvalue weighted by atomic mass is 10.2. The number of hydrogen-bond acceptors (Lipinski definition) is 3. The number of amidine groups is 1. The molecule has 1 aliphatic heterocycles. The lowest BCUT2D eigenvalue weighted by molar-refractivity contribution is 0.258. The van der Waals surface area contributed by atoms with E-state index in [1.54, 1.807) is 18.2 Å². The Bertz CT molecular complexity index is 537. The van der Waals surface area contributed by atoms with E-state index in [0.717, 1.165) is 18.9 Å². The maximum absolute atomic E-state index is 6.12. The van der Waals surface area contributed by atoms with Crippen LogP contribution in [0.25, 0.3) is 0 Å². The zero-order valence-corrected chi connectivity index (χ0v) is 12.1. The van der Waals surface area contributed by atoms with Gasteiger partial charge in [0.2, 0.25) is 0 Å². The van der Waals surface area contributed by atoms with Crippen molar-refractivity contribution in [1.82, 2.24) is 4.90 Å². The van der Waals surface area contributed by atoms with Gasteiger partial charge in [-0.1, -0.05) is 29.3 Å². The van der Waals surface area contributed by atoms with E-state index in [1.165, 1.54) is 0 Å². The molecule has 2 rings (SSSR count). The quantitative estimate of drug-likeness (QED) is 0.798. The summed E-state index contributed by atoms with van der Waals surface area (Å²) in [6.45, 7) is 1.64. The van der Waals surface area contributed by atoms with E-state index in [2.05, 4.69) is 10.9 Å². The van der Waals surface area contributed by atoms with Crippen molar-refractivity contribution in [2.24, 2.45) is 4.99 Å². The molecule has 0 saturated heterocycles. The second-order valence-corrected chi connectivity index (χ2v) is 5.01. The van der Waals surface area contributed by atoms with E-state index in [0.29, 0.717) is 22.2 Å². The Hall–Kier alpha value is -1.37. The Morgan fingerprint density at radius 3 is 2.95 bits per heavy atom. The molecule has 0 N–H and O–H groups in total. The molecule has 0 saturated carbocycles. The van der Waals surface area contributed by atoms with E-state index in [-0.39, 0.29) is 6.10 Å². The van der Waals surface area contributed by atoms with Crippen molar-refractivity contribution in [3.63, 3.8) is 0 Å². The summed E-state index contributed by atoms with van der Waals surface area (Å²) < 4.78 is 5.89. The van der Waals surface area contributed by atoms with Gasteiger partial charge >= 0.3 is 0 Å². The summed E-state index contributed by atoms with van der Waals surface area (Å²) in [4.78, 5) is 6.47. The standard InChI is InChI=1S/C14H14Cl2N2O/c1-3-5-12(14-17-8-9-18(14)2)19-11-7-4-6-10(15)13(11)16/h1,4,6-7,12H,5,8-9H2,2H3. The van der Waals surface area contributed by atoms with Gasteiger partial charge in [0, 0.05) is 13.6 Å². The Labute approximate surface area is 123 Å². The molecule has 0 aromatic heterocycles. The van der Waals surface area contributed by atoms with E-state index >= 15 is 0 Å². The molecule has 0 spiro atoms. The van der Waals surface area contributed by atoms with Crippen LogP contribution in [0.3, 0.4) is 0 Å². The average molecular weight is 297 g/mol. The fraction of sp³-hybridized carbons (Fsp3) is 0.357. The normalized spacial score (nSPS) is 15.9. The number of ether oxygens (including phenoxy) is 1. The van der Waals surface area contributed by atoms with Crippen molar-refractivity contribution in [2.45, 2.75) is 12.5 Å². The average Bonchev–Trinajstić information content (AvgIpc) is 2.80. The lowest BCUT2D eigenvalue weighted by Crippen LogP contribution is -2.37. The second kappa shape index (κ2) is 6.18. The van der Waals surface area contributed by atoms with Crippen molar-refractivity contribution in [2.75, 3.05) is 20.1 Å². The molecular formula is C14H14Cl2N2O. The highest BCUT2D eigenvalue weighted by molar-refractivity contribution is 6.42. The Balaban J connectivity index is 2.22. The van der Waals surface area contributed by atoms with Gasteiger partial charge in [-0.25, -0.2) is 0 Å². The summed E-state index contributed by atoms with van der Waals surface area (Å²) in [6, 6.07) is 5.27. The first-order valence-corrected chi connectivity index (χ1v) is 6.68. The smallest absolute Gasteiger partial charge is 0.166 e. The van der Waals surface area contributed by atoms with Crippen LogP contribution in [0.1, 0.15) is 6.42 Å². The SMILES string of the molecule is C#CCC(Oc1cccc(Cl)c1Cl)C1=NCCN1C. The van der Waals surface area contributed by atoms with Crippen LogP contribution >= 0.6 is 23.2 Å². The maximum Gasteiger partial charge on any atom is 0.166 e. The van der Waals surface area contributed by atoms with Gasteiger partial charge in [0.25, 0.3) is 0 Å². The number of aliphatic imine (C=N–C) groups is 1. The topological polar surface area (TPSA) is 24.8 Å². The van der Waals surface area contributed by atoms with Gasteiger partial charge in [-0.05, 0) is 12.1 Å². The Morgan fingerprint density at radius 1 is 1.53 bits per heavy atom. The third-order valence-electron chi connectivity index (χ3n) is 2.88. The molecule has 19 heavy (non-hydrogen) atoms. The van der Waals surface area contributed by atoms with Crippen molar-refractivity contribution in [3.05, 3.63) is 28.2 Å². The molecule has 0 aliphatic carbocycles. The Morgan fingerprint density at radius 2 is 2.32 bits per heavy atom. The molecule has 5 heteroatoms. The highest BCUT2D eigenvalue weighted by Crippen LogP contribution is 2.32. The van der Waals surface area contributed by atoms with Gasteiger partial charge in [-0.2, -0.15) is 0 Å². The fourth-order valence-corrected chi connectivity index (χ4v) is 2.25. The zero-order valence-electron chi connectivity index (χ0n) is 10.6. The molecule has 0 radical (unpaired) electrons. The fourth-order valence-electron chi connectivity index (χ4n) is 1.92. The van der Waals surface area contributed by atoms with Gasteiger partial charge in [0.15, 0.2) is 6.10 Å². The zero-order chi connectivity index (χ0) is 13.8. The molecule has 1 atom stereocenters. The van der Waals surface area contributed by atoms with Crippen molar-refractivity contribution < 1.29 is 4.74 Å². The van der Waals surface area contributed by atoms with Crippen LogP contribution in [0, 0.1) is 12.3 Å². The number of hydrogen-bond donors (Lipinski definition) is 0. The summed E-state index contributed by atoms with van der Waals surface area (Å²) in [5.41, 5.74) is 0. The minimum atomic E-state index is -0.298. The van der Waals surface area contributed by atoms with E-state index in [9.17, 15) is 0 Å². The molecule has 1 heterocycles. The minimum absolute atomic E-state index is 0.298. The summed E-state index contributed by atoms with van der Waals surface area (Å²) in [7, 11) is 1.97. The van der Waals surface area contributed by atoms with Gasteiger partial charge in [0.1, 0.15) is 16.6 Å². The van der Waals surface area contributed by atoms with Gasteiger partial charge < -0.3 is 9.64 Å². The molecule has 0 fully saturated rings. The maximum atomic E-state index is 6.12. The lowest BCUT2D eigenvalue weighted by Gasteiger charge is -2.23. The van der Waals surface area contributed by atoms with Gasteiger partial charge in [0.05, 0.1) is 18.0 Å². The molecule has 0 amide bonds. The number of halogens is 2. The summed E-state index contributed by atoms with van der Waals surface area (Å²) in [5.74, 6) is 3.99. The summed E-state index contributed by atoms with van der Waals surface area (Å²) in [5, 5.41) is 0.854. The number of terminal acetylenes is 1. The third kappa shape index (κ3) is 3.15.